The molecule has 2 rings (SSSR count). The van der Waals surface area contributed by atoms with Crippen molar-refractivity contribution in [2.45, 2.75) is 83.3 Å². The van der Waals surface area contributed by atoms with Gasteiger partial charge >= 0.3 is 5.97 Å². The lowest BCUT2D eigenvalue weighted by Gasteiger charge is -2.27. The number of carboxylic acids is 1. The van der Waals surface area contributed by atoms with Gasteiger partial charge in [-0.15, -0.1) is 0 Å². The zero-order valence-electron chi connectivity index (χ0n) is 15.2. The first-order valence-corrected chi connectivity index (χ1v) is 9.95. The van der Waals surface area contributed by atoms with Gasteiger partial charge in [0.25, 0.3) is 0 Å². The first-order chi connectivity index (χ1) is 11.7. The summed E-state index contributed by atoms with van der Waals surface area (Å²) in [7, 11) is 0. The zero-order valence-corrected chi connectivity index (χ0v) is 15.2. The van der Waals surface area contributed by atoms with E-state index in [0.29, 0.717) is 24.0 Å². The van der Waals surface area contributed by atoms with Gasteiger partial charge in [0.15, 0.2) is 0 Å². The van der Waals surface area contributed by atoms with Gasteiger partial charge in [0.05, 0.1) is 12.2 Å². The van der Waals surface area contributed by atoms with E-state index in [9.17, 15) is 4.79 Å². The van der Waals surface area contributed by atoms with E-state index in [1.807, 2.05) is 0 Å². The second-order valence-corrected chi connectivity index (χ2v) is 7.36. The van der Waals surface area contributed by atoms with E-state index in [2.05, 4.69) is 24.4 Å². The number of unbranched alkanes of at least 4 members (excludes halogenated alkanes) is 3. The van der Waals surface area contributed by atoms with Crippen molar-refractivity contribution in [2.24, 2.45) is 11.8 Å². The normalized spacial score (nSPS) is 28.9. The van der Waals surface area contributed by atoms with Crippen LogP contribution in [0.25, 0.3) is 0 Å². The molecule has 0 aliphatic carbocycles. The number of carbonyl (C=O) groups is 1. The van der Waals surface area contributed by atoms with Gasteiger partial charge in [0, 0.05) is 6.42 Å². The van der Waals surface area contributed by atoms with Gasteiger partial charge in [-0.1, -0.05) is 31.9 Å². The second-order valence-electron chi connectivity index (χ2n) is 7.36. The largest absolute Gasteiger partial charge is 0.481 e. The molecule has 138 valence electrons. The van der Waals surface area contributed by atoms with E-state index < -0.39 is 5.97 Å². The minimum Gasteiger partial charge on any atom is -0.481 e. The molecule has 0 saturated carbocycles. The minimum absolute atomic E-state index is 0.272. The Morgan fingerprint density at radius 3 is 2.67 bits per heavy atom. The van der Waals surface area contributed by atoms with Gasteiger partial charge in [0.1, 0.15) is 0 Å². The van der Waals surface area contributed by atoms with Crippen molar-refractivity contribution in [3.05, 3.63) is 12.2 Å². The average Bonchev–Trinajstić information content (AvgIpc) is 3.15. The Bertz CT molecular complexity index is 396. The molecule has 24 heavy (non-hydrogen) atoms. The maximum Gasteiger partial charge on any atom is 0.303 e. The summed E-state index contributed by atoms with van der Waals surface area (Å²) in [6.07, 6.45) is 15.9. The molecule has 2 bridgehead atoms. The third-order valence-corrected chi connectivity index (χ3v) is 5.54. The van der Waals surface area contributed by atoms with Crippen molar-refractivity contribution in [1.29, 1.82) is 0 Å². The molecule has 2 aliphatic heterocycles. The Balaban J connectivity index is 1.65. The molecule has 0 radical (unpaired) electrons. The number of allylic oxidation sites excluding steroid dienone is 2. The third kappa shape index (κ3) is 6.21. The van der Waals surface area contributed by atoms with Crippen LogP contribution in [0.4, 0.5) is 0 Å². The molecule has 0 aromatic carbocycles. The van der Waals surface area contributed by atoms with Crippen LogP contribution in [0.1, 0.15) is 71.1 Å². The number of hydrogen-bond donors (Lipinski definition) is 2. The lowest BCUT2D eigenvalue weighted by atomic mass is 9.76. The maximum atomic E-state index is 10.5. The van der Waals surface area contributed by atoms with E-state index in [1.165, 1.54) is 38.5 Å². The number of ether oxygens (including phenoxy) is 1. The van der Waals surface area contributed by atoms with Crippen molar-refractivity contribution < 1.29 is 14.6 Å². The highest BCUT2D eigenvalue weighted by atomic mass is 16.5. The Labute approximate surface area is 147 Å². The highest BCUT2D eigenvalue weighted by Crippen LogP contribution is 2.46. The smallest absolute Gasteiger partial charge is 0.303 e. The number of rotatable bonds is 13. The number of hydrogen-bond acceptors (Lipinski definition) is 3. The molecule has 0 aromatic heterocycles. The zero-order chi connectivity index (χ0) is 17.2. The molecule has 2 aliphatic rings. The fourth-order valence-corrected chi connectivity index (χ4v) is 4.23. The van der Waals surface area contributed by atoms with Gasteiger partial charge in [-0.3, -0.25) is 4.79 Å². The SMILES string of the molecule is CCCCCNCCC1[C@@H](C/C=C\CCCC(=O)O)[C@@H]2CC[C@H]1O2. The summed E-state index contributed by atoms with van der Waals surface area (Å²) in [4.78, 5) is 10.5. The quantitative estimate of drug-likeness (QED) is 0.391. The van der Waals surface area contributed by atoms with E-state index in [-0.39, 0.29) is 6.42 Å². The van der Waals surface area contributed by atoms with Crippen LogP contribution in [-0.2, 0) is 9.53 Å². The van der Waals surface area contributed by atoms with Gasteiger partial charge in [0.2, 0.25) is 0 Å². The number of nitrogens with one attached hydrogen (secondary N) is 1. The fourth-order valence-electron chi connectivity index (χ4n) is 4.23. The molecular formula is C20H35NO3. The van der Waals surface area contributed by atoms with Crippen LogP contribution >= 0.6 is 0 Å². The van der Waals surface area contributed by atoms with Crippen molar-refractivity contribution in [1.82, 2.24) is 5.32 Å². The molecule has 4 atom stereocenters. The van der Waals surface area contributed by atoms with Crippen molar-refractivity contribution in [3.8, 4) is 0 Å². The predicted molar refractivity (Wildman–Crippen MR) is 97.1 cm³/mol. The van der Waals surface area contributed by atoms with Crippen LogP contribution < -0.4 is 5.32 Å². The van der Waals surface area contributed by atoms with Gasteiger partial charge < -0.3 is 15.2 Å². The molecule has 2 saturated heterocycles. The highest BCUT2D eigenvalue weighted by Gasteiger charge is 2.47. The lowest BCUT2D eigenvalue weighted by molar-refractivity contribution is -0.137. The van der Waals surface area contributed by atoms with Crippen molar-refractivity contribution >= 4 is 5.97 Å². The molecule has 2 N–H and O–H groups in total. The van der Waals surface area contributed by atoms with Gasteiger partial charge in [-0.2, -0.15) is 0 Å². The molecule has 4 heteroatoms. The fraction of sp³-hybridized carbons (Fsp3) is 0.850. The standard InChI is InChI=1S/C20H35NO3/c1-2-3-8-14-21-15-13-17-16(18-11-12-19(17)24-18)9-6-4-5-7-10-20(22)23/h4,6,16-19,21H,2-3,5,7-15H2,1H3,(H,22,23)/b6-4-/t16-,17?,18+,19-/m1/s1. The second kappa shape index (κ2) is 10.9. The molecular weight excluding hydrogens is 302 g/mol. The van der Waals surface area contributed by atoms with E-state index >= 15 is 0 Å². The first kappa shape index (κ1) is 19.5. The van der Waals surface area contributed by atoms with Gasteiger partial charge in [-0.25, -0.2) is 0 Å². The Hall–Kier alpha value is -0.870. The summed E-state index contributed by atoms with van der Waals surface area (Å²) < 4.78 is 6.16. The maximum absolute atomic E-state index is 10.5. The number of aliphatic carboxylic acids is 1. The van der Waals surface area contributed by atoms with E-state index in [1.54, 1.807) is 0 Å². The summed E-state index contributed by atoms with van der Waals surface area (Å²) in [6, 6.07) is 0. The minimum atomic E-state index is -0.698. The Kier molecular flexibility index (Phi) is 8.82. The molecule has 2 heterocycles. The summed E-state index contributed by atoms with van der Waals surface area (Å²) in [5.41, 5.74) is 0. The van der Waals surface area contributed by atoms with Crippen LogP contribution in [0.5, 0.6) is 0 Å². The van der Waals surface area contributed by atoms with Crippen LogP contribution in [0, 0.1) is 11.8 Å². The third-order valence-electron chi connectivity index (χ3n) is 5.54. The molecule has 0 aromatic rings. The van der Waals surface area contributed by atoms with Crippen molar-refractivity contribution in [2.75, 3.05) is 13.1 Å². The van der Waals surface area contributed by atoms with Gasteiger partial charge in [-0.05, 0) is 69.9 Å². The first-order valence-electron chi connectivity index (χ1n) is 9.95. The van der Waals surface area contributed by atoms with E-state index in [4.69, 9.17) is 9.84 Å². The van der Waals surface area contributed by atoms with Crippen LogP contribution in [0.15, 0.2) is 12.2 Å². The van der Waals surface area contributed by atoms with Crippen LogP contribution in [0.3, 0.4) is 0 Å². The van der Waals surface area contributed by atoms with Crippen molar-refractivity contribution in [3.63, 3.8) is 0 Å². The lowest BCUT2D eigenvalue weighted by Crippen LogP contribution is -2.30. The molecule has 1 unspecified atom stereocenters. The summed E-state index contributed by atoms with van der Waals surface area (Å²) >= 11 is 0. The molecule has 0 amide bonds. The summed E-state index contributed by atoms with van der Waals surface area (Å²) in [5.74, 6) is 0.666. The summed E-state index contributed by atoms with van der Waals surface area (Å²) in [6.45, 7) is 4.50. The van der Waals surface area contributed by atoms with Crippen LogP contribution in [0.2, 0.25) is 0 Å². The molecule has 2 fully saturated rings. The monoisotopic (exact) mass is 337 g/mol. The molecule has 4 nitrogen and oxygen atoms in total. The summed E-state index contributed by atoms with van der Waals surface area (Å²) in [5, 5.41) is 12.2. The number of carboxylic acid groups (broad SMARTS) is 1. The topological polar surface area (TPSA) is 58.6 Å². The molecule has 0 spiro atoms. The Morgan fingerprint density at radius 2 is 1.92 bits per heavy atom. The van der Waals surface area contributed by atoms with E-state index in [0.717, 1.165) is 32.4 Å². The average molecular weight is 338 g/mol. The highest BCUT2D eigenvalue weighted by molar-refractivity contribution is 5.66. The Morgan fingerprint density at radius 1 is 1.12 bits per heavy atom. The number of fused-ring (bicyclic) bond motifs is 2. The van der Waals surface area contributed by atoms with Crippen LogP contribution in [-0.4, -0.2) is 36.4 Å². The predicted octanol–water partition coefficient (Wildman–Crippen LogP) is 4.15.